The van der Waals surface area contributed by atoms with Crippen molar-refractivity contribution in [2.45, 2.75) is 59.4 Å². The lowest BCUT2D eigenvalue weighted by Crippen LogP contribution is -2.10. The van der Waals surface area contributed by atoms with E-state index in [1.54, 1.807) is 0 Å². The normalized spacial score (nSPS) is 11.8. The van der Waals surface area contributed by atoms with E-state index in [1.165, 1.54) is 5.56 Å². The number of benzene rings is 1. The second kappa shape index (κ2) is 6.75. The standard InChI is InChI=1S/C19H28N2O2/c1-11(2)14-9-15-17(12(3)4)13(5)21(8-6-7-20)18(15)16(10-14)19(22)23/h9-12H,6-8,20H2,1-5H3,(H,22,23). The lowest BCUT2D eigenvalue weighted by Gasteiger charge is -2.12. The number of aryl methyl sites for hydroxylation is 1. The summed E-state index contributed by atoms with van der Waals surface area (Å²) in [6, 6.07) is 4.01. The minimum absolute atomic E-state index is 0.296. The van der Waals surface area contributed by atoms with E-state index < -0.39 is 5.97 Å². The van der Waals surface area contributed by atoms with Gasteiger partial charge in [-0.3, -0.25) is 0 Å². The lowest BCUT2D eigenvalue weighted by atomic mass is 9.93. The summed E-state index contributed by atoms with van der Waals surface area (Å²) in [6.45, 7) is 12.0. The number of aromatic nitrogens is 1. The highest BCUT2D eigenvalue weighted by Crippen LogP contribution is 2.36. The Balaban J connectivity index is 2.90. The van der Waals surface area contributed by atoms with Crippen LogP contribution in [0.4, 0.5) is 0 Å². The zero-order chi connectivity index (χ0) is 17.3. The fourth-order valence-corrected chi connectivity index (χ4v) is 3.41. The van der Waals surface area contributed by atoms with Gasteiger partial charge in [0.25, 0.3) is 0 Å². The average molecular weight is 316 g/mol. The molecule has 126 valence electrons. The minimum atomic E-state index is -0.862. The second-order valence-electron chi connectivity index (χ2n) is 6.87. The quantitative estimate of drug-likeness (QED) is 0.837. The van der Waals surface area contributed by atoms with Crippen LogP contribution in [0.1, 0.15) is 73.1 Å². The molecule has 0 saturated heterocycles. The zero-order valence-corrected chi connectivity index (χ0v) is 14.8. The smallest absolute Gasteiger partial charge is 0.337 e. The summed E-state index contributed by atoms with van der Waals surface area (Å²) in [6.07, 6.45) is 0.840. The van der Waals surface area contributed by atoms with Crippen LogP contribution in [0.25, 0.3) is 10.9 Å². The van der Waals surface area contributed by atoms with Crippen molar-refractivity contribution in [3.8, 4) is 0 Å². The zero-order valence-electron chi connectivity index (χ0n) is 14.8. The summed E-state index contributed by atoms with van der Waals surface area (Å²) in [7, 11) is 0. The first-order valence-electron chi connectivity index (χ1n) is 8.39. The van der Waals surface area contributed by atoms with Crippen molar-refractivity contribution in [3.05, 3.63) is 34.5 Å². The highest BCUT2D eigenvalue weighted by atomic mass is 16.4. The van der Waals surface area contributed by atoms with Crippen LogP contribution in [0.5, 0.6) is 0 Å². The monoisotopic (exact) mass is 316 g/mol. The predicted molar refractivity (Wildman–Crippen MR) is 95.5 cm³/mol. The first kappa shape index (κ1) is 17.5. The SMILES string of the molecule is Cc1c(C(C)C)c2cc(C(C)C)cc(C(=O)O)c2n1CCCN. The topological polar surface area (TPSA) is 68.2 Å². The van der Waals surface area contributed by atoms with Crippen molar-refractivity contribution in [1.82, 2.24) is 4.57 Å². The van der Waals surface area contributed by atoms with Crippen molar-refractivity contribution in [3.63, 3.8) is 0 Å². The molecule has 4 heteroatoms. The summed E-state index contributed by atoms with van der Waals surface area (Å²) in [5.41, 5.74) is 10.4. The summed E-state index contributed by atoms with van der Waals surface area (Å²) in [5, 5.41) is 10.8. The van der Waals surface area contributed by atoms with E-state index in [0.29, 0.717) is 23.9 Å². The van der Waals surface area contributed by atoms with Gasteiger partial charge in [0.2, 0.25) is 0 Å². The lowest BCUT2D eigenvalue weighted by molar-refractivity contribution is 0.0698. The Labute approximate surface area is 138 Å². The predicted octanol–water partition coefficient (Wildman–Crippen LogP) is 4.24. The molecule has 0 bridgehead atoms. The van der Waals surface area contributed by atoms with Gasteiger partial charge in [0.05, 0.1) is 11.1 Å². The Morgan fingerprint density at radius 1 is 1.22 bits per heavy atom. The Kier molecular flexibility index (Phi) is 5.15. The Morgan fingerprint density at radius 2 is 1.87 bits per heavy atom. The molecule has 0 aliphatic carbocycles. The average Bonchev–Trinajstić information content (AvgIpc) is 2.75. The van der Waals surface area contributed by atoms with Gasteiger partial charge in [0.1, 0.15) is 0 Å². The van der Waals surface area contributed by atoms with E-state index in [-0.39, 0.29) is 0 Å². The number of carboxylic acids is 1. The second-order valence-corrected chi connectivity index (χ2v) is 6.87. The first-order chi connectivity index (χ1) is 10.8. The number of carboxylic acid groups (broad SMARTS) is 1. The molecule has 0 saturated carbocycles. The van der Waals surface area contributed by atoms with Gasteiger partial charge in [-0.2, -0.15) is 0 Å². The van der Waals surface area contributed by atoms with Crippen molar-refractivity contribution in [2.75, 3.05) is 6.54 Å². The number of nitrogens with two attached hydrogens (primary N) is 1. The maximum Gasteiger partial charge on any atom is 0.337 e. The van der Waals surface area contributed by atoms with Crippen molar-refractivity contribution >= 4 is 16.9 Å². The number of hydrogen-bond donors (Lipinski definition) is 2. The van der Waals surface area contributed by atoms with Crippen LogP contribution in [0, 0.1) is 6.92 Å². The third-order valence-electron chi connectivity index (χ3n) is 4.55. The molecule has 1 aromatic carbocycles. The molecule has 0 spiro atoms. The first-order valence-corrected chi connectivity index (χ1v) is 8.39. The highest BCUT2D eigenvalue weighted by molar-refractivity contribution is 6.04. The van der Waals surface area contributed by atoms with Gasteiger partial charge in [0, 0.05) is 17.6 Å². The Hall–Kier alpha value is -1.81. The van der Waals surface area contributed by atoms with Crippen LogP contribution in [0.2, 0.25) is 0 Å². The number of fused-ring (bicyclic) bond motifs is 1. The minimum Gasteiger partial charge on any atom is -0.478 e. The molecular formula is C19H28N2O2. The van der Waals surface area contributed by atoms with E-state index in [1.807, 2.05) is 6.07 Å². The number of nitrogens with zero attached hydrogens (tertiary/aromatic N) is 1. The molecule has 0 aliphatic rings. The van der Waals surface area contributed by atoms with Gasteiger partial charge in [-0.05, 0) is 55.0 Å². The molecule has 0 unspecified atom stereocenters. The van der Waals surface area contributed by atoms with Gasteiger partial charge in [-0.25, -0.2) is 4.79 Å². The van der Waals surface area contributed by atoms with E-state index in [2.05, 4.69) is 45.3 Å². The van der Waals surface area contributed by atoms with Crippen LogP contribution >= 0.6 is 0 Å². The molecule has 0 atom stereocenters. The van der Waals surface area contributed by atoms with Gasteiger partial charge in [-0.1, -0.05) is 27.7 Å². The van der Waals surface area contributed by atoms with E-state index in [0.717, 1.165) is 35.1 Å². The van der Waals surface area contributed by atoms with Gasteiger partial charge in [0.15, 0.2) is 0 Å². The van der Waals surface area contributed by atoms with E-state index >= 15 is 0 Å². The van der Waals surface area contributed by atoms with Crippen molar-refractivity contribution in [2.24, 2.45) is 5.73 Å². The molecule has 0 radical (unpaired) electrons. The van der Waals surface area contributed by atoms with Crippen LogP contribution < -0.4 is 5.73 Å². The summed E-state index contributed by atoms with van der Waals surface area (Å²) in [5.74, 6) is -0.217. The summed E-state index contributed by atoms with van der Waals surface area (Å²) >= 11 is 0. The molecule has 1 heterocycles. The molecule has 4 nitrogen and oxygen atoms in total. The maximum atomic E-state index is 11.9. The van der Waals surface area contributed by atoms with Gasteiger partial charge >= 0.3 is 5.97 Å². The van der Waals surface area contributed by atoms with Crippen molar-refractivity contribution < 1.29 is 9.90 Å². The third-order valence-corrected chi connectivity index (χ3v) is 4.55. The Bertz CT molecular complexity index is 727. The number of hydrogen-bond acceptors (Lipinski definition) is 2. The van der Waals surface area contributed by atoms with Crippen LogP contribution in [0.15, 0.2) is 12.1 Å². The molecule has 0 aliphatic heterocycles. The van der Waals surface area contributed by atoms with Crippen LogP contribution in [0.3, 0.4) is 0 Å². The molecule has 1 aromatic heterocycles. The van der Waals surface area contributed by atoms with Crippen LogP contribution in [-0.2, 0) is 6.54 Å². The summed E-state index contributed by atoms with van der Waals surface area (Å²) in [4.78, 5) is 11.9. The van der Waals surface area contributed by atoms with Gasteiger partial charge < -0.3 is 15.4 Å². The largest absolute Gasteiger partial charge is 0.478 e. The molecule has 0 amide bonds. The molecule has 0 fully saturated rings. The van der Waals surface area contributed by atoms with Crippen molar-refractivity contribution in [1.29, 1.82) is 0 Å². The molecule has 2 rings (SSSR count). The van der Waals surface area contributed by atoms with Gasteiger partial charge in [-0.15, -0.1) is 0 Å². The number of carbonyl (C=O) groups is 1. The molecule has 23 heavy (non-hydrogen) atoms. The highest BCUT2D eigenvalue weighted by Gasteiger charge is 2.22. The van der Waals surface area contributed by atoms with Crippen LogP contribution in [-0.4, -0.2) is 22.2 Å². The fraction of sp³-hybridized carbons (Fsp3) is 0.526. The van der Waals surface area contributed by atoms with E-state index in [4.69, 9.17) is 5.73 Å². The van der Waals surface area contributed by atoms with E-state index in [9.17, 15) is 9.90 Å². The third kappa shape index (κ3) is 3.13. The Morgan fingerprint density at radius 3 is 2.35 bits per heavy atom. The molecule has 2 aromatic rings. The molecule has 3 N–H and O–H groups in total. The molecular weight excluding hydrogens is 288 g/mol. The maximum absolute atomic E-state index is 11.9. The number of aromatic carboxylic acids is 1. The fourth-order valence-electron chi connectivity index (χ4n) is 3.41. The summed E-state index contributed by atoms with van der Waals surface area (Å²) < 4.78 is 2.14. The number of rotatable bonds is 6.